The van der Waals surface area contributed by atoms with Crippen LogP contribution in [-0.2, 0) is 6.54 Å². The smallest absolute Gasteiger partial charge is 0.169 e. The van der Waals surface area contributed by atoms with E-state index < -0.39 is 0 Å². The summed E-state index contributed by atoms with van der Waals surface area (Å²) >= 11 is 1.75. The van der Waals surface area contributed by atoms with Crippen molar-refractivity contribution in [3.63, 3.8) is 0 Å². The molecule has 0 spiro atoms. The number of nitrogens with two attached hydrogens (primary N) is 1. The topological polar surface area (TPSA) is 43.8 Å². The molecule has 2 N–H and O–H groups in total. The first-order valence-electron chi connectivity index (χ1n) is 4.68. The fraction of sp³-hybridized carbons (Fsp3) is 0.300. The molecule has 2 heterocycles. The Morgan fingerprint density at radius 3 is 3.21 bits per heavy atom. The van der Waals surface area contributed by atoms with E-state index in [1.54, 1.807) is 11.8 Å². The van der Waals surface area contributed by atoms with E-state index in [2.05, 4.69) is 15.6 Å². The largest absolute Gasteiger partial charge is 0.325 e. The third kappa shape index (κ3) is 1.14. The van der Waals surface area contributed by atoms with Crippen LogP contribution in [-0.4, -0.2) is 21.3 Å². The van der Waals surface area contributed by atoms with Gasteiger partial charge in [-0.3, -0.25) is 0 Å². The van der Waals surface area contributed by atoms with Gasteiger partial charge < -0.3 is 10.3 Å². The summed E-state index contributed by atoms with van der Waals surface area (Å²) < 4.78 is 2.22. The number of imidazole rings is 1. The SMILES string of the molecule is NC1CSc2nc3ccccc3n2C1. The van der Waals surface area contributed by atoms with E-state index in [4.69, 9.17) is 5.73 Å². The molecule has 14 heavy (non-hydrogen) atoms. The van der Waals surface area contributed by atoms with Gasteiger partial charge in [0.05, 0.1) is 11.0 Å². The van der Waals surface area contributed by atoms with Gasteiger partial charge in [-0.2, -0.15) is 0 Å². The molecule has 1 aliphatic heterocycles. The van der Waals surface area contributed by atoms with Crippen LogP contribution >= 0.6 is 11.8 Å². The van der Waals surface area contributed by atoms with E-state index in [0.717, 1.165) is 23.0 Å². The van der Waals surface area contributed by atoms with Crippen molar-refractivity contribution in [2.24, 2.45) is 5.73 Å². The van der Waals surface area contributed by atoms with Crippen LogP contribution in [0.15, 0.2) is 29.4 Å². The molecule has 3 rings (SSSR count). The fourth-order valence-corrected chi connectivity index (χ4v) is 2.77. The van der Waals surface area contributed by atoms with Crippen molar-refractivity contribution >= 4 is 22.8 Å². The third-order valence-corrected chi connectivity index (χ3v) is 3.63. The summed E-state index contributed by atoms with van der Waals surface area (Å²) in [6.45, 7) is 0.892. The quantitative estimate of drug-likeness (QED) is 0.708. The highest BCUT2D eigenvalue weighted by atomic mass is 32.2. The summed E-state index contributed by atoms with van der Waals surface area (Å²) in [5, 5.41) is 1.10. The molecule has 0 saturated carbocycles. The van der Waals surface area contributed by atoms with Crippen LogP contribution in [0.3, 0.4) is 0 Å². The van der Waals surface area contributed by atoms with Crippen LogP contribution in [0.1, 0.15) is 0 Å². The molecule has 1 aromatic carbocycles. The number of hydrogen-bond acceptors (Lipinski definition) is 3. The number of thioether (sulfide) groups is 1. The van der Waals surface area contributed by atoms with Crippen LogP contribution < -0.4 is 5.73 Å². The summed E-state index contributed by atoms with van der Waals surface area (Å²) in [5.41, 5.74) is 8.20. The highest BCUT2D eigenvalue weighted by molar-refractivity contribution is 7.99. The molecular weight excluding hydrogens is 194 g/mol. The monoisotopic (exact) mass is 205 g/mol. The normalized spacial score (nSPS) is 21.1. The lowest BCUT2D eigenvalue weighted by Gasteiger charge is -2.19. The Kier molecular flexibility index (Phi) is 1.78. The molecule has 0 radical (unpaired) electrons. The molecule has 0 amide bonds. The average Bonchev–Trinajstić information content (AvgIpc) is 2.56. The molecule has 2 aromatic rings. The zero-order valence-electron chi connectivity index (χ0n) is 7.68. The molecule has 1 aromatic heterocycles. The van der Waals surface area contributed by atoms with Crippen molar-refractivity contribution in [2.75, 3.05) is 5.75 Å². The second kappa shape index (κ2) is 3.00. The highest BCUT2D eigenvalue weighted by Crippen LogP contribution is 2.28. The van der Waals surface area contributed by atoms with Crippen LogP contribution in [0.4, 0.5) is 0 Å². The van der Waals surface area contributed by atoms with Crippen molar-refractivity contribution < 1.29 is 0 Å². The Morgan fingerprint density at radius 1 is 1.43 bits per heavy atom. The molecule has 0 fully saturated rings. The van der Waals surface area contributed by atoms with E-state index >= 15 is 0 Å². The molecule has 0 aliphatic carbocycles. The second-order valence-electron chi connectivity index (χ2n) is 3.56. The van der Waals surface area contributed by atoms with Crippen LogP contribution in [0.2, 0.25) is 0 Å². The van der Waals surface area contributed by atoms with Crippen LogP contribution in [0.5, 0.6) is 0 Å². The van der Waals surface area contributed by atoms with Crippen molar-refractivity contribution in [1.29, 1.82) is 0 Å². The molecule has 4 heteroatoms. The molecule has 1 aliphatic rings. The minimum Gasteiger partial charge on any atom is -0.325 e. The van der Waals surface area contributed by atoms with Gasteiger partial charge in [0.1, 0.15) is 0 Å². The van der Waals surface area contributed by atoms with Gasteiger partial charge in [0, 0.05) is 18.3 Å². The van der Waals surface area contributed by atoms with Gasteiger partial charge >= 0.3 is 0 Å². The third-order valence-electron chi connectivity index (χ3n) is 2.46. The number of aromatic nitrogens is 2. The maximum absolute atomic E-state index is 5.93. The Balaban J connectivity index is 2.25. The van der Waals surface area contributed by atoms with Gasteiger partial charge in [-0.1, -0.05) is 23.9 Å². The zero-order valence-corrected chi connectivity index (χ0v) is 8.50. The van der Waals surface area contributed by atoms with Crippen LogP contribution in [0, 0.1) is 0 Å². The Morgan fingerprint density at radius 2 is 2.29 bits per heavy atom. The van der Waals surface area contributed by atoms with E-state index in [9.17, 15) is 0 Å². The molecule has 0 bridgehead atoms. The van der Waals surface area contributed by atoms with Gasteiger partial charge in [-0.25, -0.2) is 4.98 Å². The summed E-state index contributed by atoms with van der Waals surface area (Å²) in [6.07, 6.45) is 0. The van der Waals surface area contributed by atoms with Gasteiger partial charge in [0.25, 0.3) is 0 Å². The van der Waals surface area contributed by atoms with Gasteiger partial charge in [0.2, 0.25) is 0 Å². The number of rotatable bonds is 0. The van der Waals surface area contributed by atoms with Crippen molar-refractivity contribution in [3.8, 4) is 0 Å². The molecule has 0 saturated heterocycles. The fourth-order valence-electron chi connectivity index (χ4n) is 1.81. The number of benzene rings is 1. The minimum atomic E-state index is 0.255. The van der Waals surface area contributed by atoms with Crippen molar-refractivity contribution in [1.82, 2.24) is 9.55 Å². The van der Waals surface area contributed by atoms with E-state index in [-0.39, 0.29) is 6.04 Å². The minimum absolute atomic E-state index is 0.255. The van der Waals surface area contributed by atoms with Gasteiger partial charge in [-0.05, 0) is 12.1 Å². The Labute approximate surface area is 86.3 Å². The molecule has 72 valence electrons. The Hall–Kier alpha value is -1.00. The van der Waals surface area contributed by atoms with E-state index in [1.165, 1.54) is 5.52 Å². The van der Waals surface area contributed by atoms with Gasteiger partial charge in [-0.15, -0.1) is 0 Å². The number of para-hydroxylation sites is 2. The predicted octanol–water partition coefficient (Wildman–Crippen LogP) is 1.47. The average molecular weight is 205 g/mol. The molecular formula is C10H11N3S. The lowest BCUT2D eigenvalue weighted by Crippen LogP contribution is -2.32. The maximum Gasteiger partial charge on any atom is 0.169 e. The number of hydrogen-bond donors (Lipinski definition) is 1. The molecule has 3 nitrogen and oxygen atoms in total. The van der Waals surface area contributed by atoms with E-state index in [0.29, 0.717) is 0 Å². The number of fused-ring (bicyclic) bond motifs is 3. The standard InChI is InChI=1S/C10H11N3S/c11-7-5-13-9-4-2-1-3-8(9)12-10(13)14-6-7/h1-4,7H,5-6,11H2. The van der Waals surface area contributed by atoms with Crippen molar-refractivity contribution in [2.45, 2.75) is 17.7 Å². The second-order valence-corrected chi connectivity index (χ2v) is 4.55. The van der Waals surface area contributed by atoms with Crippen molar-refractivity contribution in [3.05, 3.63) is 24.3 Å². The maximum atomic E-state index is 5.93. The Bertz CT molecular complexity index is 477. The summed E-state index contributed by atoms with van der Waals surface area (Å²) in [6, 6.07) is 8.47. The number of nitrogens with zero attached hydrogens (tertiary/aromatic N) is 2. The summed E-state index contributed by atoms with van der Waals surface area (Å²) in [4.78, 5) is 4.56. The van der Waals surface area contributed by atoms with Crippen LogP contribution in [0.25, 0.3) is 11.0 Å². The first kappa shape index (κ1) is 8.32. The zero-order chi connectivity index (χ0) is 9.54. The lowest BCUT2D eigenvalue weighted by atomic mass is 10.3. The summed E-state index contributed by atoms with van der Waals surface area (Å²) in [5.74, 6) is 0.976. The first-order valence-corrected chi connectivity index (χ1v) is 5.67. The molecule has 1 unspecified atom stereocenters. The molecule has 1 atom stereocenters. The van der Waals surface area contributed by atoms with E-state index in [1.807, 2.05) is 18.2 Å². The predicted molar refractivity (Wildman–Crippen MR) is 58.4 cm³/mol. The van der Waals surface area contributed by atoms with Gasteiger partial charge in [0.15, 0.2) is 5.16 Å². The first-order chi connectivity index (χ1) is 6.84. The summed E-state index contributed by atoms with van der Waals surface area (Å²) in [7, 11) is 0. The lowest BCUT2D eigenvalue weighted by molar-refractivity contribution is 0.553. The highest BCUT2D eigenvalue weighted by Gasteiger charge is 2.19.